The van der Waals surface area contributed by atoms with E-state index >= 15 is 0 Å². The van der Waals surface area contributed by atoms with E-state index in [4.69, 9.17) is 5.84 Å². The fraction of sp³-hybridized carbons (Fsp3) is 0. The first-order chi connectivity index (χ1) is 6.81. The Morgan fingerprint density at radius 3 is 3.00 bits per heavy atom. The van der Waals surface area contributed by atoms with E-state index in [1.807, 2.05) is 0 Å². The highest BCUT2D eigenvalue weighted by Crippen LogP contribution is 2.17. The Balaban J connectivity index is 2.51. The first kappa shape index (κ1) is 9.03. The van der Waals surface area contributed by atoms with E-state index in [-0.39, 0.29) is 0 Å². The van der Waals surface area contributed by atoms with Crippen molar-refractivity contribution < 1.29 is 0 Å². The lowest BCUT2D eigenvalue weighted by atomic mass is 10.6. The average molecular weight is 256 g/mol. The predicted octanol–water partition coefficient (Wildman–Crippen LogP) is 0.105. The molecular formula is C6H6BrN7. The van der Waals surface area contributed by atoms with Crippen molar-refractivity contribution in [2.24, 2.45) is 5.84 Å². The van der Waals surface area contributed by atoms with Crippen LogP contribution in [0.1, 0.15) is 0 Å². The molecule has 0 radical (unpaired) electrons. The largest absolute Gasteiger partial charge is 0.292 e. The average Bonchev–Trinajstić information content (AvgIpc) is 2.71. The summed E-state index contributed by atoms with van der Waals surface area (Å²) < 4.78 is 2.22. The van der Waals surface area contributed by atoms with Gasteiger partial charge >= 0.3 is 0 Å². The highest BCUT2D eigenvalue weighted by atomic mass is 79.9. The number of nitrogen functional groups attached to an aromatic ring is 1. The molecule has 0 fully saturated rings. The predicted molar refractivity (Wildman–Crippen MR) is 52.5 cm³/mol. The summed E-state index contributed by atoms with van der Waals surface area (Å²) in [6, 6.07) is 0. The van der Waals surface area contributed by atoms with E-state index in [9.17, 15) is 0 Å². The van der Waals surface area contributed by atoms with Crippen molar-refractivity contribution in [3.05, 3.63) is 23.3 Å². The molecule has 2 aromatic heterocycles. The number of nitrogens with one attached hydrogen (secondary N) is 1. The zero-order valence-corrected chi connectivity index (χ0v) is 8.51. The summed E-state index contributed by atoms with van der Waals surface area (Å²) in [7, 11) is 0. The van der Waals surface area contributed by atoms with Crippen molar-refractivity contribution in [2.75, 3.05) is 5.43 Å². The maximum absolute atomic E-state index is 5.19. The monoisotopic (exact) mass is 255 g/mol. The maximum Gasteiger partial charge on any atom is 0.239 e. The molecule has 0 saturated heterocycles. The van der Waals surface area contributed by atoms with Crippen LogP contribution in [0.2, 0.25) is 0 Å². The van der Waals surface area contributed by atoms with Crippen LogP contribution in [-0.4, -0.2) is 24.7 Å². The zero-order chi connectivity index (χ0) is 9.97. The number of hydrogen-bond acceptors (Lipinski definition) is 6. The molecular weight excluding hydrogens is 250 g/mol. The highest BCUT2D eigenvalue weighted by Gasteiger charge is 2.06. The number of anilines is 1. The number of halogens is 1. The van der Waals surface area contributed by atoms with Crippen LogP contribution in [0.4, 0.5) is 5.95 Å². The molecule has 8 heteroatoms. The minimum atomic E-state index is 0.318. The van der Waals surface area contributed by atoms with Gasteiger partial charge in [-0.1, -0.05) is 0 Å². The standard InChI is InChI=1S/C6H6BrN7/c7-4-1-10-6(13-8)12-5(4)14-3-9-2-11-14/h1-3H,8H2,(H,10,12,13). The van der Waals surface area contributed by atoms with Crippen molar-refractivity contribution in [3.63, 3.8) is 0 Å². The van der Waals surface area contributed by atoms with Gasteiger partial charge in [-0.05, 0) is 15.9 Å². The van der Waals surface area contributed by atoms with Crippen molar-refractivity contribution in [1.29, 1.82) is 0 Å². The van der Waals surface area contributed by atoms with E-state index in [0.717, 1.165) is 0 Å². The first-order valence-corrected chi connectivity index (χ1v) is 4.44. The number of nitrogens with zero attached hydrogens (tertiary/aromatic N) is 5. The smallest absolute Gasteiger partial charge is 0.239 e. The summed E-state index contributed by atoms with van der Waals surface area (Å²) >= 11 is 3.30. The molecule has 0 unspecified atom stereocenters. The Morgan fingerprint density at radius 1 is 1.50 bits per heavy atom. The van der Waals surface area contributed by atoms with Crippen LogP contribution in [0.3, 0.4) is 0 Å². The topological polar surface area (TPSA) is 94.5 Å². The molecule has 0 atom stereocenters. The van der Waals surface area contributed by atoms with E-state index in [0.29, 0.717) is 16.2 Å². The second-order valence-corrected chi connectivity index (χ2v) is 3.20. The van der Waals surface area contributed by atoms with Crippen LogP contribution in [0.5, 0.6) is 0 Å². The summed E-state index contributed by atoms with van der Waals surface area (Å²) in [5, 5.41) is 3.94. The SMILES string of the molecule is NNc1ncc(Br)c(-n2cncn2)n1. The fourth-order valence-electron chi connectivity index (χ4n) is 0.906. The second kappa shape index (κ2) is 3.68. The summed E-state index contributed by atoms with van der Waals surface area (Å²) in [4.78, 5) is 11.8. The number of nitrogens with two attached hydrogens (primary N) is 1. The van der Waals surface area contributed by atoms with Gasteiger partial charge in [0.25, 0.3) is 0 Å². The third-order valence-corrected chi connectivity index (χ3v) is 2.05. The van der Waals surface area contributed by atoms with Gasteiger partial charge in [-0.15, -0.1) is 0 Å². The van der Waals surface area contributed by atoms with Crippen molar-refractivity contribution in [1.82, 2.24) is 24.7 Å². The number of hydrogen-bond donors (Lipinski definition) is 2. The Hall–Kier alpha value is -1.54. The van der Waals surface area contributed by atoms with Crippen LogP contribution in [-0.2, 0) is 0 Å². The summed E-state index contributed by atoms with van der Waals surface area (Å²) in [6.07, 6.45) is 4.54. The van der Waals surface area contributed by atoms with Crippen LogP contribution >= 0.6 is 15.9 Å². The molecule has 0 aliphatic carbocycles. The van der Waals surface area contributed by atoms with Gasteiger partial charge in [0.05, 0.1) is 4.47 Å². The van der Waals surface area contributed by atoms with Gasteiger partial charge in [-0.25, -0.2) is 20.5 Å². The third-order valence-electron chi connectivity index (χ3n) is 1.49. The number of aromatic nitrogens is 5. The molecule has 2 heterocycles. The molecule has 0 aromatic carbocycles. The molecule has 0 saturated carbocycles. The van der Waals surface area contributed by atoms with Crippen LogP contribution in [0.15, 0.2) is 23.3 Å². The minimum Gasteiger partial charge on any atom is -0.292 e. The highest BCUT2D eigenvalue weighted by molar-refractivity contribution is 9.10. The van der Waals surface area contributed by atoms with E-state index in [1.54, 1.807) is 6.20 Å². The minimum absolute atomic E-state index is 0.318. The van der Waals surface area contributed by atoms with Crippen molar-refractivity contribution >= 4 is 21.9 Å². The Kier molecular flexibility index (Phi) is 2.37. The van der Waals surface area contributed by atoms with E-state index < -0.39 is 0 Å². The Bertz CT molecular complexity index is 426. The second-order valence-electron chi connectivity index (χ2n) is 2.35. The van der Waals surface area contributed by atoms with Gasteiger partial charge < -0.3 is 0 Å². The van der Waals surface area contributed by atoms with Crippen LogP contribution in [0.25, 0.3) is 5.82 Å². The molecule has 3 N–H and O–H groups in total. The lowest BCUT2D eigenvalue weighted by Crippen LogP contribution is -2.12. The van der Waals surface area contributed by atoms with Crippen LogP contribution in [0, 0.1) is 0 Å². The maximum atomic E-state index is 5.19. The Morgan fingerprint density at radius 2 is 2.36 bits per heavy atom. The van der Waals surface area contributed by atoms with Gasteiger partial charge in [0, 0.05) is 6.20 Å². The normalized spacial score (nSPS) is 10.1. The molecule has 72 valence electrons. The summed E-state index contributed by atoms with van der Waals surface area (Å²) in [6.45, 7) is 0. The lowest BCUT2D eigenvalue weighted by molar-refractivity contribution is 0.832. The number of hydrazine groups is 1. The van der Waals surface area contributed by atoms with Crippen molar-refractivity contribution in [2.45, 2.75) is 0 Å². The van der Waals surface area contributed by atoms with Gasteiger partial charge in [-0.2, -0.15) is 10.1 Å². The molecule has 0 bridgehead atoms. The van der Waals surface area contributed by atoms with Gasteiger partial charge in [0.2, 0.25) is 5.95 Å². The van der Waals surface area contributed by atoms with Gasteiger partial charge in [0.1, 0.15) is 12.7 Å². The molecule has 0 spiro atoms. The molecule has 14 heavy (non-hydrogen) atoms. The molecule has 2 rings (SSSR count). The van der Waals surface area contributed by atoms with Gasteiger partial charge in [-0.3, -0.25) is 5.43 Å². The third kappa shape index (κ3) is 1.56. The van der Waals surface area contributed by atoms with Gasteiger partial charge in [0.15, 0.2) is 5.82 Å². The molecule has 0 aliphatic rings. The quantitative estimate of drug-likeness (QED) is 0.584. The Labute approximate surface area is 87.5 Å². The molecule has 0 aliphatic heterocycles. The fourth-order valence-corrected chi connectivity index (χ4v) is 1.28. The van der Waals surface area contributed by atoms with Crippen molar-refractivity contribution in [3.8, 4) is 5.82 Å². The zero-order valence-electron chi connectivity index (χ0n) is 6.92. The van der Waals surface area contributed by atoms with E-state index in [1.165, 1.54) is 17.3 Å². The van der Waals surface area contributed by atoms with E-state index in [2.05, 4.69) is 41.4 Å². The first-order valence-electron chi connectivity index (χ1n) is 3.65. The molecule has 7 nitrogen and oxygen atoms in total. The lowest BCUT2D eigenvalue weighted by Gasteiger charge is -2.03. The molecule has 2 aromatic rings. The summed E-state index contributed by atoms with van der Waals surface area (Å²) in [5.41, 5.74) is 2.35. The van der Waals surface area contributed by atoms with Crippen LogP contribution < -0.4 is 11.3 Å². The summed E-state index contributed by atoms with van der Waals surface area (Å²) in [5.74, 6) is 6.08. The molecule has 0 amide bonds. The number of rotatable bonds is 2.